The molecule has 25 heavy (non-hydrogen) atoms. The summed E-state index contributed by atoms with van der Waals surface area (Å²) in [5.74, 6) is 3.19. The van der Waals surface area contributed by atoms with E-state index in [0.29, 0.717) is 23.1 Å². The Morgan fingerprint density at radius 3 is 2.16 bits per heavy atom. The van der Waals surface area contributed by atoms with Crippen LogP contribution in [0, 0.1) is 0 Å². The van der Waals surface area contributed by atoms with Crippen LogP contribution in [0.25, 0.3) is 0 Å². The maximum atomic E-state index is 5.37. The van der Waals surface area contributed by atoms with Gasteiger partial charge in [-0.3, -0.25) is 0 Å². The van der Waals surface area contributed by atoms with Crippen LogP contribution in [0.2, 0.25) is 0 Å². The Balaban J connectivity index is 2.13. The first kappa shape index (κ1) is 18.6. The Morgan fingerprint density at radius 2 is 1.56 bits per heavy atom. The molecule has 2 N–H and O–H groups in total. The minimum atomic E-state index is 0.552. The van der Waals surface area contributed by atoms with Crippen molar-refractivity contribution in [3.63, 3.8) is 0 Å². The summed E-state index contributed by atoms with van der Waals surface area (Å²) in [5, 5.41) is 6.55. The zero-order valence-corrected chi connectivity index (χ0v) is 15.3. The predicted octanol–water partition coefficient (Wildman–Crippen LogP) is 3.85. The monoisotopic (exact) mass is 346 g/mol. The van der Waals surface area contributed by atoms with Crippen molar-refractivity contribution in [2.24, 2.45) is 0 Å². The first-order valence-electron chi connectivity index (χ1n) is 8.34. The van der Waals surface area contributed by atoms with Gasteiger partial charge in [0.15, 0.2) is 11.5 Å². The number of aromatic nitrogens is 2. The number of rotatable bonds is 10. The third-order valence-electron chi connectivity index (χ3n) is 3.69. The molecule has 0 saturated heterocycles. The first-order valence-corrected chi connectivity index (χ1v) is 8.34. The van der Waals surface area contributed by atoms with Gasteiger partial charge in [0.05, 0.1) is 21.3 Å². The molecule has 2 rings (SSSR count). The lowest BCUT2D eigenvalue weighted by Crippen LogP contribution is -2.04. The van der Waals surface area contributed by atoms with E-state index in [2.05, 4.69) is 27.5 Å². The fourth-order valence-electron chi connectivity index (χ4n) is 2.41. The molecule has 0 aliphatic carbocycles. The van der Waals surface area contributed by atoms with Crippen molar-refractivity contribution in [2.75, 3.05) is 38.5 Å². The highest BCUT2D eigenvalue weighted by Crippen LogP contribution is 2.40. The smallest absolute Gasteiger partial charge is 0.203 e. The maximum Gasteiger partial charge on any atom is 0.203 e. The van der Waals surface area contributed by atoms with E-state index >= 15 is 0 Å². The minimum absolute atomic E-state index is 0.552. The molecular weight excluding hydrogens is 320 g/mol. The largest absolute Gasteiger partial charge is 0.493 e. The number of anilines is 3. The van der Waals surface area contributed by atoms with Crippen molar-refractivity contribution in [3.05, 3.63) is 24.5 Å². The van der Waals surface area contributed by atoms with Crippen LogP contribution < -0.4 is 24.8 Å². The number of ether oxygens (including phenoxy) is 3. The molecule has 0 saturated carbocycles. The van der Waals surface area contributed by atoms with Crippen LogP contribution in [0.4, 0.5) is 17.3 Å². The van der Waals surface area contributed by atoms with Crippen molar-refractivity contribution >= 4 is 17.3 Å². The lowest BCUT2D eigenvalue weighted by Gasteiger charge is -2.15. The highest BCUT2D eigenvalue weighted by Gasteiger charge is 2.13. The van der Waals surface area contributed by atoms with E-state index in [9.17, 15) is 0 Å². The predicted molar refractivity (Wildman–Crippen MR) is 99.4 cm³/mol. The van der Waals surface area contributed by atoms with Crippen molar-refractivity contribution in [1.29, 1.82) is 0 Å². The van der Waals surface area contributed by atoms with Crippen molar-refractivity contribution in [3.8, 4) is 17.2 Å². The molecule has 136 valence electrons. The molecule has 2 aromatic rings. The quantitative estimate of drug-likeness (QED) is 0.633. The topological polar surface area (TPSA) is 77.5 Å². The third kappa shape index (κ3) is 5.14. The average molecular weight is 346 g/mol. The molecule has 1 aromatic heterocycles. The lowest BCUT2D eigenvalue weighted by atomic mass is 10.2. The molecule has 0 atom stereocenters. The third-order valence-corrected chi connectivity index (χ3v) is 3.69. The zero-order chi connectivity index (χ0) is 18.1. The number of hydrogen-bond donors (Lipinski definition) is 2. The van der Waals surface area contributed by atoms with E-state index in [1.165, 1.54) is 19.2 Å². The summed E-state index contributed by atoms with van der Waals surface area (Å²) in [6.07, 6.45) is 5.05. The zero-order valence-electron chi connectivity index (χ0n) is 15.3. The molecular formula is C18H26N4O3. The van der Waals surface area contributed by atoms with Crippen molar-refractivity contribution in [2.45, 2.75) is 26.2 Å². The van der Waals surface area contributed by atoms with Crippen LogP contribution in [-0.2, 0) is 0 Å². The van der Waals surface area contributed by atoms with Gasteiger partial charge >= 0.3 is 0 Å². The van der Waals surface area contributed by atoms with Gasteiger partial charge in [-0.15, -0.1) is 0 Å². The Labute approximate surface area is 148 Å². The summed E-state index contributed by atoms with van der Waals surface area (Å²) < 4.78 is 16.1. The lowest BCUT2D eigenvalue weighted by molar-refractivity contribution is 0.324. The molecule has 0 bridgehead atoms. The summed E-state index contributed by atoms with van der Waals surface area (Å²) in [4.78, 5) is 8.50. The summed E-state index contributed by atoms with van der Waals surface area (Å²) in [7, 11) is 4.75. The number of nitrogens with zero attached hydrogens (tertiary/aromatic N) is 2. The summed E-state index contributed by atoms with van der Waals surface area (Å²) in [5.41, 5.74) is 0.783. The maximum absolute atomic E-state index is 5.37. The second-order valence-corrected chi connectivity index (χ2v) is 5.46. The average Bonchev–Trinajstić information content (AvgIpc) is 2.64. The summed E-state index contributed by atoms with van der Waals surface area (Å²) in [6, 6.07) is 5.53. The molecule has 7 heteroatoms. The van der Waals surface area contributed by atoms with E-state index in [-0.39, 0.29) is 0 Å². The van der Waals surface area contributed by atoms with Crippen LogP contribution >= 0.6 is 0 Å². The van der Waals surface area contributed by atoms with Crippen LogP contribution in [0.1, 0.15) is 26.2 Å². The van der Waals surface area contributed by atoms with Gasteiger partial charge in [0, 0.05) is 30.4 Å². The molecule has 0 spiro atoms. The van der Waals surface area contributed by atoms with Gasteiger partial charge in [0.2, 0.25) is 5.75 Å². The fraction of sp³-hybridized carbons (Fsp3) is 0.444. The van der Waals surface area contributed by atoms with Gasteiger partial charge in [-0.2, -0.15) is 0 Å². The highest BCUT2D eigenvalue weighted by molar-refractivity contribution is 5.67. The van der Waals surface area contributed by atoms with Gasteiger partial charge in [0.1, 0.15) is 18.0 Å². The molecule has 0 radical (unpaired) electrons. The fourth-order valence-corrected chi connectivity index (χ4v) is 2.41. The Kier molecular flexibility index (Phi) is 7.13. The Morgan fingerprint density at radius 1 is 0.880 bits per heavy atom. The van der Waals surface area contributed by atoms with Crippen molar-refractivity contribution < 1.29 is 14.2 Å². The molecule has 0 aliphatic heterocycles. The van der Waals surface area contributed by atoms with Crippen LogP contribution in [-0.4, -0.2) is 37.8 Å². The van der Waals surface area contributed by atoms with E-state index in [4.69, 9.17) is 14.2 Å². The van der Waals surface area contributed by atoms with Gasteiger partial charge in [-0.05, 0) is 6.42 Å². The molecule has 7 nitrogen and oxygen atoms in total. The second-order valence-electron chi connectivity index (χ2n) is 5.46. The number of unbranched alkanes of at least 4 members (excludes halogenated alkanes) is 2. The van der Waals surface area contributed by atoms with Crippen molar-refractivity contribution in [1.82, 2.24) is 9.97 Å². The molecule has 0 unspecified atom stereocenters. The van der Waals surface area contributed by atoms with E-state index in [1.54, 1.807) is 21.3 Å². The standard InChI is InChI=1S/C18H26N4O3/c1-5-6-7-8-19-16-11-17(21-12-20-16)22-13-9-14(23-2)18(25-4)15(10-13)24-3/h9-12H,5-8H2,1-4H3,(H2,19,20,21,22). The molecule has 0 aliphatic rings. The number of nitrogens with one attached hydrogen (secondary N) is 2. The van der Waals surface area contributed by atoms with Crippen LogP contribution in [0.15, 0.2) is 24.5 Å². The van der Waals surface area contributed by atoms with Gasteiger partial charge in [0.25, 0.3) is 0 Å². The number of benzene rings is 1. The molecule has 0 amide bonds. The Bertz CT molecular complexity index is 654. The number of hydrogen-bond acceptors (Lipinski definition) is 7. The van der Waals surface area contributed by atoms with E-state index < -0.39 is 0 Å². The van der Waals surface area contributed by atoms with Gasteiger partial charge in [-0.1, -0.05) is 19.8 Å². The summed E-state index contributed by atoms with van der Waals surface area (Å²) >= 11 is 0. The van der Waals surface area contributed by atoms with E-state index in [1.807, 2.05) is 18.2 Å². The summed E-state index contributed by atoms with van der Waals surface area (Å²) in [6.45, 7) is 3.08. The van der Waals surface area contributed by atoms with E-state index in [0.717, 1.165) is 24.5 Å². The normalized spacial score (nSPS) is 10.2. The first-order chi connectivity index (χ1) is 12.2. The van der Waals surface area contributed by atoms with Crippen LogP contribution in [0.3, 0.4) is 0 Å². The number of methoxy groups -OCH3 is 3. The van der Waals surface area contributed by atoms with Gasteiger partial charge in [-0.25, -0.2) is 9.97 Å². The minimum Gasteiger partial charge on any atom is -0.493 e. The molecule has 1 heterocycles. The van der Waals surface area contributed by atoms with Crippen LogP contribution in [0.5, 0.6) is 17.2 Å². The highest BCUT2D eigenvalue weighted by atomic mass is 16.5. The second kappa shape index (κ2) is 9.56. The Hall–Kier alpha value is -2.70. The SMILES string of the molecule is CCCCCNc1cc(Nc2cc(OC)c(OC)c(OC)c2)ncn1. The molecule has 1 aromatic carbocycles. The molecule has 0 fully saturated rings. The van der Waals surface area contributed by atoms with Gasteiger partial charge < -0.3 is 24.8 Å².